The maximum absolute atomic E-state index is 13.5. The van der Waals surface area contributed by atoms with Gasteiger partial charge in [0.1, 0.15) is 17.4 Å². The van der Waals surface area contributed by atoms with E-state index in [0.717, 1.165) is 12.1 Å². The average molecular weight is 419 g/mol. The molecule has 160 valence electrons. The highest BCUT2D eigenvalue weighted by molar-refractivity contribution is 5.94. The molecule has 0 aliphatic rings. The first-order valence-corrected chi connectivity index (χ1v) is 9.33. The van der Waals surface area contributed by atoms with Crippen LogP contribution in [0.25, 0.3) is 0 Å². The second kappa shape index (κ2) is 11.5. The molecule has 0 heterocycles. The maximum atomic E-state index is 13.5. The van der Waals surface area contributed by atoms with Gasteiger partial charge in [0.15, 0.2) is 0 Å². The van der Waals surface area contributed by atoms with Gasteiger partial charge in [-0.15, -0.1) is 0 Å². The molecule has 0 saturated carbocycles. The molecule has 0 aliphatic carbocycles. The molecule has 3 N–H and O–H groups in total. The molecule has 2 rings (SSSR count). The second-order valence-electron chi connectivity index (χ2n) is 6.32. The zero-order valence-corrected chi connectivity index (χ0v) is 16.5. The fourth-order valence-corrected chi connectivity index (χ4v) is 2.53. The molecule has 7 nitrogen and oxygen atoms in total. The minimum atomic E-state index is -0.943. The summed E-state index contributed by atoms with van der Waals surface area (Å²) in [7, 11) is 1.54. The second-order valence-corrected chi connectivity index (χ2v) is 6.32. The van der Waals surface area contributed by atoms with E-state index < -0.39 is 17.5 Å². The quantitative estimate of drug-likeness (QED) is 0.514. The number of nitrogens with one attached hydrogen (secondary N) is 3. The molecule has 2 aromatic rings. The number of carbonyl (C=O) groups is 3. The molecule has 0 unspecified atom stereocenters. The van der Waals surface area contributed by atoms with Gasteiger partial charge in [-0.1, -0.05) is 0 Å². The van der Waals surface area contributed by atoms with Crippen LogP contribution in [0.1, 0.15) is 33.6 Å². The fourth-order valence-electron chi connectivity index (χ4n) is 2.53. The first-order valence-electron chi connectivity index (χ1n) is 9.33. The summed E-state index contributed by atoms with van der Waals surface area (Å²) >= 11 is 0. The number of hydrogen-bond donors (Lipinski definition) is 3. The van der Waals surface area contributed by atoms with E-state index >= 15 is 0 Å². The third kappa shape index (κ3) is 7.16. The highest BCUT2D eigenvalue weighted by Crippen LogP contribution is 2.11. The largest absolute Gasteiger partial charge is 0.497 e. The van der Waals surface area contributed by atoms with Crippen LogP contribution in [0.5, 0.6) is 5.75 Å². The van der Waals surface area contributed by atoms with Crippen LogP contribution in [0.3, 0.4) is 0 Å². The van der Waals surface area contributed by atoms with E-state index in [1.54, 1.807) is 24.3 Å². The lowest BCUT2D eigenvalue weighted by molar-refractivity contribution is -0.121. The minimum Gasteiger partial charge on any atom is -0.497 e. The van der Waals surface area contributed by atoms with E-state index in [9.17, 15) is 23.2 Å². The Morgan fingerprint density at radius 3 is 2.20 bits per heavy atom. The van der Waals surface area contributed by atoms with Crippen molar-refractivity contribution in [3.05, 3.63) is 65.2 Å². The van der Waals surface area contributed by atoms with Crippen LogP contribution < -0.4 is 20.7 Å². The molecule has 0 atom stereocenters. The molecule has 0 spiro atoms. The summed E-state index contributed by atoms with van der Waals surface area (Å²) in [5.41, 5.74) is 0.226. The van der Waals surface area contributed by atoms with Crippen molar-refractivity contribution in [2.24, 2.45) is 0 Å². The van der Waals surface area contributed by atoms with Gasteiger partial charge in [-0.25, -0.2) is 8.78 Å². The fraction of sp³-hybridized carbons (Fsp3) is 0.286. The van der Waals surface area contributed by atoms with Crippen molar-refractivity contribution in [1.82, 2.24) is 16.0 Å². The van der Waals surface area contributed by atoms with Gasteiger partial charge >= 0.3 is 0 Å². The number of benzene rings is 2. The summed E-state index contributed by atoms with van der Waals surface area (Å²) in [4.78, 5) is 35.6. The molecule has 3 amide bonds. The lowest BCUT2D eigenvalue weighted by Crippen LogP contribution is -2.35. The van der Waals surface area contributed by atoms with E-state index in [0.29, 0.717) is 23.8 Å². The van der Waals surface area contributed by atoms with Gasteiger partial charge in [0.25, 0.3) is 11.8 Å². The zero-order chi connectivity index (χ0) is 21.9. The molecule has 0 radical (unpaired) electrons. The van der Waals surface area contributed by atoms with Crippen LogP contribution >= 0.6 is 0 Å². The number of ether oxygens (including phenoxy) is 1. The van der Waals surface area contributed by atoms with Crippen molar-refractivity contribution in [3.8, 4) is 5.75 Å². The molecule has 2 aromatic carbocycles. The van der Waals surface area contributed by atoms with Crippen LogP contribution in [0.2, 0.25) is 0 Å². The number of amides is 3. The van der Waals surface area contributed by atoms with E-state index in [1.165, 1.54) is 7.11 Å². The third-order valence-electron chi connectivity index (χ3n) is 4.13. The topological polar surface area (TPSA) is 96.5 Å². The lowest BCUT2D eigenvalue weighted by Gasteiger charge is -2.08. The Bertz CT molecular complexity index is 888. The summed E-state index contributed by atoms with van der Waals surface area (Å²) in [6, 6.07) is 9.33. The molecular formula is C21H23F2N3O4. The average Bonchev–Trinajstić information content (AvgIpc) is 2.74. The molecule has 0 fully saturated rings. The van der Waals surface area contributed by atoms with Gasteiger partial charge in [-0.3, -0.25) is 14.4 Å². The summed E-state index contributed by atoms with van der Waals surface area (Å²) in [5, 5.41) is 7.82. The predicted molar refractivity (Wildman–Crippen MR) is 106 cm³/mol. The molecular weight excluding hydrogens is 396 g/mol. The van der Waals surface area contributed by atoms with Crippen LogP contribution in [0, 0.1) is 11.6 Å². The number of hydrogen-bond acceptors (Lipinski definition) is 4. The predicted octanol–water partition coefficient (Wildman–Crippen LogP) is 2.03. The molecule has 30 heavy (non-hydrogen) atoms. The molecule has 0 aliphatic heterocycles. The number of rotatable bonds is 10. The first kappa shape index (κ1) is 22.8. The van der Waals surface area contributed by atoms with E-state index in [-0.39, 0.29) is 43.4 Å². The van der Waals surface area contributed by atoms with Gasteiger partial charge in [0.05, 0.1) is 12.7 Å². The lowest BCUT2D eigenvalue weighted by atomic mass is 10.2. The maximum Gasteiger partial charge on any atom is 0.254 e. The summed E-state index contributed by atoms with van der Waals surface area (Å²) in [5.74, 6) is -2.23. The van der Waals surface area contributed by atoms with Gasteiger partial charge in [-0.05, 0) is 42.8 Å². The Labute approximate surface area is 172 Å². The molecule has 0 bridgehead atoms. The highest BCUT2D eigenvalue weighted by atomic mass is 19.1. The van der Waals surface area contributed by atoms with Crippen LogP contribution in [-0.2, 0) is 4.79 Å². The third-order valence-corrected chi connectivity index (χ3v) is 4.13. The Balaban J connectivity index is 1.58. The summed E-state index contributed by atoms with van der Waals surface area (Å²) in [6.45, 7) is 0.683. The van der Waals surface area contributed by atoms with Gasteiger partial charge in [-0.2, -0.15) is 0 Å². The standard InChI is InChI=1S/C21H23F2N3O4/c1-30-16-7-4-14(5-8-16)20(28)26-12-11-24-19(27)3-2-10-25-21(29)17-9-6-15(22)13-18(17)23/h4-9,13H,2-3,10-12H2,1H3,(H,24,27)(H,25,29)(H,26,28). The van der Waals surface area contributed by atoms with Crippen molar-refractivity contribution < 1.29 is 27.9 Å². The van der Waals surface area contributed by atoms with Crippen LogP contribution in [-0.4, -0.2) is 44.5 Å². The summed E-state index contributed by atoms with van der Waals surface area (Å²) in [6.07, 6.45) is 0.497. The minimum absolute atomic E-state index is 0.151. The van der Waals surface area contributed by atoms with Crippen molar-refractivity contribution in [2.75, 3.05) is 26.7 Å². The smallest absolute Gasteiger partial charge is 0.254 e. The van der Waals surface area contributed by atoms with Crippen molar-refractivity contribution in [3.63, 3.8) is 0 Å². The Kier molecular flexibility index (Phi) is 8.74. The normalized spacial score (nSPS) is 10.2. The summed E-state index contributed by atoms with van der Waals surface area (Å²) < 4.78 is 31.4. The molecule has 0 saturated heterocycles. The Morgan fingerprint density at radius 1 is 0.867 bits per heavy atom. The monoisotopic (exact) mass is 419 g/mol. The van der Waals surface area contributed by atoms with Crippen molar-refractivity contribution in [2.45, 2.75) is 12.8 Å². The van der Waals surface area contributed by atoms with Crippen molar-refractivity contribution >= 4 is 17.7 Å². The van der Waals surface area contributed by atoms with Crippen LogP contribution in [0.15, 0.2) is 42.5 Å². The van der Waals surface area contributed by atoms with Crippen LogP contribution in [0.4, 0.5) is 8.78 Å². The van der Waals surface area contributed by atoms with E-state index in [1.807, 2.05) is 0 Å². The highest BCUT2D eigenvalue weighted by Gasteiger charge is 2.12. The van der Waals surface area contributed by atoms with E-state index in [2.05, 4.69) is 16.0 Å². The zero-order valence-electron chi connectivity index (χ0n) is 16.5. The van der Waals surface area contributed by atoms with Crippen molar-refractivity contribution in [1.29, 1.82) is 0 Å². The number of halogens is 2. The Morgan fingerprint density at radius 2 is 1.53 bits per heavy atom. The Hall–Kier alpha value is -3.49. The van der Waals surface area contributed by atoms with Gasteiger partial charge in [0.2, 0.25) is 5.91 Å². The first-order chi connectivity index (χ1) is 14.4. The number of methoxy groups -OCH3 is 1. The molecule has 9 heteroatoms. The molecule has 0 aromatic heterocycles. The van der Waals surface area contributed by atoms with E-state index in [4.69, 9.17) is 4.74 Å². The number of carbonyl (C=O) groups excluding carboxylic acids is 3. The van der Waals surface area contributed by atoms with Gasteiger partial charge < -0.3 is 20.7 Å². The SMILES string of the molecule is COc1ccc(C(=O)NCCNC(=O)CCCNC(=O)c2ccc(F)cc2F)cc1. The van der Waals surface area contributed by atoms with Gasteiger partial charge in [0, 0.05) is 37.7 Å².